The molecule has 3 aromatic rings. The summed E-state index contributed by atoms with van der Waals surface area (Å²) in [7, 11) is 0. The Morgan fingerprint density at radius 1 is 1.02 bits per heavy atom. The van der Waals surface area contributed by atoms with Crippen molar-refractivity contribution in [2.75, 3.05) is 37.7 Å². The molecule has 1 aliphatic heterocycles. The Labute approximate surface area is 235 Å². The van der Waals surface area contributed by atoms with E-state index >= 15 is 4.39 Å². The van der Waals surface area contributed by atoms with Gasteiger partial charge < -0.3 is 33.3 Å². The first kappa shape index (κ1) is 29.3. The Bertz CT molecular complexity index is 1470. The van der Waals surface area contributed by atoms with E-state index in [9.17, 15) is 19.2 Å². The van der Waals surface area contributed by atoms with Crippen molar-refractivity contribution < 1.29 is 37.7 Å². The number of carbonyl (C=O) groups excluding carboxylic acids is 3. The average Bonchev–Trinajstić information content (AvgIpc) is 2.96. The molecule has 41 heavy (non-hydrogen) atoms. The lowest BCUT2D eigenvalue weighted by Gasteiger charge is -2.35. The van der Waals surface area contributed by atoms with Crippen LogP contribution in [0.3, 0.4) is 0 Å². The van der Waals surface area contributed by atoms with E-state index in [1.807, 2.05) is 30.3 Å². The second-order valence-electron chi connectivity index (χ2n) is 9.11. The van der Waals surface area contributed by atoms with Crippen molar-refractivity contribution >= 4 is 35.1 Å². The maximum Gasteiger partial charge on any atom is 0.511 e. The fraction of sp³-hybridized carbons (Fsp3) is 0.393. The molecule has 0 saturated carbocycles. The van der Waals surface area contributed by atoms with Gasteiger partial charge in [-0.3, -0.25) is 4.79 Å². The molecule has 1 aromatic carbocycles. The van der Waals surface area contributed by atoms with Gasteiger partial charge in [0, 0.05) is 45.8 Å². The largest absolute Gasteiger partial charge is 0.511 e. The summed E-state index contributed by atoms with van der Waals surface area (Å²) < 4.78 is 36.7. The number of benzene rings is 1. The summed E-state index contributed by atoms with van der Waals surface area (Å²) in [6.45, 7) is 6.39. The molecule has 4 rings (SSSR count). The van der Waals surface area contributed by atoms with Gasteiger partial charge in [0.05, 0.1) is 12.0 Å². The van der Waals surface area contributed by atoms with Gasteiger partial charge in [-0.05, 0) is 25.5 Å². The number of anilines is 1. The van der Waals surface area contributed by atoms with Crippen LogP contribution in [0, 0.1) is 5.82 Å². The van der Waals surface area contributed by atoms with Crippen LogP contribution in [-0.4, -0.2) is 71.7 Å². The van der Waals surface area contributed by atoms with E-state index in [0.717, 1.165) is 11.6 Å². The molecule has 1 aliphatic rings. The molecular formula is C28H31FN4O8. The number of pyridine rings is 2. The van der Waals surface area contributed by atoms with Crippen molar-refractivity contribution in [2.24, 2.45) is 0 Å². The van der Waals surface area contributed by atoms with Gasteiger partial charge in [0.25, 0.3) is 0 Å². The fourth-order valence-corrected chi connectivity index (χ4v) is 4.32. The predicted molar refractivity (Wildman–Crippen MR) is 145 cm³/mol. The highest BCUT2D eigenvalue weighted by molar-refractivity contribution is 5.93. The number of nitrogens with zero attached hydrogens (tertiary/aromatic N) is 4. The average molecular weight is 571 g/mol. The van der Waals surface area contributed by atoms with Gasteiger partial charge >= 0.3 is 18.2 Å². The number of piperazine rings is 1. The second kappa shape index (κ2) is 13.1. The summed E-state index contributed by atoms with van der Waals surface area (Å²) in [5.74, 6) is -1.76. The molecule has 12 nitrogen and oxygen atoms in total. The number of fused-ring (bicyclic) bond motifs is 1. The molecule has 1 unspecified atom stereocenters. The zero-order valence-electron chi connectivity index (χ0n) is 23.0. The second-order valence-corrected chi connectivity index (χ2v) is 9.11. The highest BCUT2D eigenvalue weighted by atomic mass is 19.1. The fourth-order valence-electron chi connectivity index (χ4n) is 4.32. The third-order valence-electron chi connectivity index (χ3n) is 6.38. The Kier molecular flexibility index (Phi) is 9.37. The van der Waals surface area contributed by atoms with Crippen LogP contribution in [0.2, 0.25) is 0 Å². The normalized spacial score (nSPS) is 14.0. The Morgan fingerprint density at radius 2 is 1.73 bits per heavy atom. The summed E-state index contributed by atoms with van der Waals surface area (Å²) in [4.78, 5) is 57.5. The van der Waals surface area contributed by atoms with E-state index in [2.05, 4.69) is 9.72 Å². The molecule has 1 amide bonds. The molecule has 1 fully saturated rings. The molecule has 1 saturated heterocycles. The highest BCUT2D eigenvalue weighted by Gasteiger charge is 2.27. The minimum atomic E-state index is -1.32. The first-order valence-electron chi connectivity index (χ1n) is 13.2. The molecule has 1 atom stereocenters. The number of hydrogen-bond acceptors (Lipinski definition) is 10. The highest BCUT2D eigenvalue weighted by Crippen LogP contribution is 2.23. The first-order valence-corrected chi connectivity index (χ1v) is 13.2. The van der Waals surface area contributed by atoms with E-state index in [0.29, 0.717) is 32.7 Å². The van der Waals surface area contributed by atoms with Gasteiger partial charge in [0.15, 0.2) is 11.6 Å². The number of hydrogen-bond donors (Lipinski definition) is 0. The standard InChI is InChI=1S/C28H31FN4O8/c1-4-31-16-21(26(35)40-18(3)41-28(37)38-5-2)23(34)20-15-22(29)25(30-24(20)31)32-11-13-33(14-12-32)27(36)39-17-19-9-7-6-8-10-19/h6-10,15-16,18H,4-5,11-14,17H2,1-3H3. The van der Waals surface area contributed by atoms with Gasteiger partial charge in [-0.2, -0.15) is 0 Å². The number of rotatable bonds is 8. The summed E-state index contributed by atoms with van der Waals surface area (Å²) >= 11 is 0. The Hall–Kier alpha value is -4.68. The van der Waals surface area contributed by atoms with Crippen molar-refractivity contribution in [1.82, 2.24) is 14.5 Å². The lowest BCUT2D eigenvalue weighted by Crippen LogP contribution is -2.49. The number of ether oxygens (including phenoxy) is 4. The first-order chi connectivity index (χ1) is 19.7. The zero-order valence-corrected chi connectivity index (χ0v) is 23.0. The molecule has 0 aliphatic carbocycles. The van der Waals surface area contributed by atoms with Crippen molar-refractivity contribution in [2.45, 2.75) is 40.2 Å². The van der Waals surface area contributed by atoms with Gasteiger partial charge in [-0.1, -0.05) is 30.3 Å². The smallest absolute Gasteiger partial charge is 0.445 e. The van der Waals surface area contributed by atoms with Crippen molar-refractivity contribution in [3.8, 4) is 0 Å². The topological polar surface area (TPSA) is 130 Å². The van der Waals surface area contributed by atoms with Crippen LogP contribution in [0.25, 0.3) is 11.0 Å². The van der Waals surface area contributed by atoms with Gasteiger partial charge in [-0.15, -0.1) is 0 Å². The van der Waals surface area contributed by atoms with Gasteiger partial charge in [0.2, 0.25) is 11.7 Å². The molecular weight excluding hydrogens is 539 g/mol. The number of aromatic nitrogens is 2. The third-order valence-corrected chi connectivity index (χ3v) is 6.38. The maximum absolute atomic E-state index is 15.3. The Balaban J connectivity index is 1.48. The summed E-state index contributed by atoms with van der Waals surface area (Å²) in [6.07, 6.45) is -1.53. The van der Waals surface area contributed by atoms with Crippen LogP contribution in [0.4, 0.5) is 19.8 Å². The quantitative estimate of drug-likeness (QED) is 0.225. The number of halogens is 1. The molecule has 218 valence electrons. The van der Waals surface area contributed by atoms with Crippen LogP contribution < -0.4 is 10.3 Å². The molecule has 0 bridgehead atoms. The molecule has 0 N–H and O–H groups in total. The zero-order chi connectivity index (χ0) is 29.5. The monoisotopic (exact) mass is 570 g/mol. The van der Waals surface area contributed by atoms with Crippen molar-refractivity contribution in [1.29, 1.82) is 0 Å². The third kappa shape index (κ3) is 6.91. The van der Waals surface area contributed by atoms with Gasteiger partial charge in [-0.25, -0.2) is 23.8 Å². The van der Waals surface area contributed by atoms with Crippen LogP contribution in [-0.2, 0) is 32.1 Å². The summed E-state index contributed by atoms with van der Waals surface area (Å²) in [5, 5.41) is -0.107. The van der Waals surface area contributed by atoms with Crippen molar-refractivity contribution in [3.05, 3.63) is 69.8 Å². The summed E-state index contributed by atoms with van der Waals surface area (Å²) in [6, 6.07) is 10.4. The number of carbonyl (C=O) groups is 3. The number of esters is 1. The molecule has 13 heteroatoms. The number of amides is 1. The predicted octanol–water partition coefficient (Wildman–Crippen LogP) is 3.69. The van der Waals surface area contributed by atoms with Crippen molar-refractivity contribution in [3.63, 3.8) is 0 Å². The van der Waals surface area contributed by atoms with E-state index < -0.39 is 35.8 Å². The van der Waals surface area contributed by atoms with E-state index in [1.165, 1.54) is 17.7 Å². The van der Waals surface area contributed by atoms with E-state index in [1.54, 1.807) is 23.6 Å². The van der Waals surface area contributed by atoms with Crippen LogP contribution in [0.1, 0.15) is 36.7 Å². The maximum atomic E-state index is 15.3. The van der Waals surface area contributed by atoms with Crippen LogP contribution in [0.5, 0.6) is 0 Å². The number of aryl methyl sites for hydroxylation is 1. The van der Waals surface area contributed by atoms with E-state index in [4.69, 9.17) is 14.2 Å². The van der Waals surface area contributed by atoms with Crippen LogP contribution >= 0.6 is 0 Å². The molecule has 0 spiro atoms. The lowest BCUT2D eigenvalue weighted by molar-refractivity contribution is -0.0812. The van der Waals surface area contributed by atoms with E-state index in [-0.39, 0.29) is 35.6 Å². The molecule has 3 heterocycles. The SMILES string of the molecule is CCOC(=O)OC(C)OC(=O)c1cn(CC)c2nc(N3CCN(C(=O)OCc4ccccc4)CC3)c(F)cc2c1=O. The van der Waals surface area contributed by atoms with Crippen LogP contribution in [0.15, 0.2) is 47.4 Å². The minimum absolute atomic E-state index is 0.0307. The lowest BCUT2D eigenvalue weighted by atomic mass is 10.1. The molecule has 2 aromatic heterocycles. The minimum Gasteiger partial charge on any atom is -0.445 e. The van der Waals surface area contributed by atoms with Gasteiger partial charge in [0.1, 0.15) is 17.8 Å². The Morgan fingerprint density at radius 3 is 2.39 bits per heavy atom. The summed E-state index contributed by atoms with van der Waals surface area (Å²) in [5.41, 5.74) is -0.0805. The molecule has 0 radical (unpaired) electrons.